The maximum absolute atomic E-state index is 12.0. The second kappa shape index (κ2) is 6.83. The monoisotopic (exact) mass is 364 g/mol. The number of carboxylic acids is 1. The van der Waals surface area contributed by atoms with Gasteiger partial charge in [0.25, 0.3) is 0 Å². The van der Waals surface area contributed by atoms with Crippen molar-refractivity contribution in [3.63, 3.8) is 0 Å². The molecule has 1 saturated heterocycles. The Hall–Kier alpha value is -3.22. The van der Waals surface area contributed by atoms with Crippen molar-refractivity contribution in [1.29, 1.82) is 0 Å². The lowest BCUT2D eigenvalue weighted by Gasteiger charge is -2.39. The van der Waals surface area contributed by atoms with Gasteiger partial charge in [-0.15, -0.1) is 5.10 Å². The van der Waals surface area contributed by atoms with Gasteiger partial charge in [-0.25, -0.2) is 4.79 Å². The minimum Gasteiger partial charge on any atom is -0.478 e. The summed E-state index contributed by atoms with van der Waals surface area (Å²) in [7, 11) is 0. The van der Waals surface area contributed by atoms with Crippen LogP contribution in [-0.4, -0.2) is 44.9 Å². The maximum Gasteiger partial charge on any atom is 0.348 e. The molecular formula is C20H20N4O3. The molecule has 1 aliphatic heterocycles. The van der Waals surface area contributed by atoms with Crippen molar-refractivity contribution in [1.82, 2.24) is 15.2 Å². The Balaban J connectivity index is 1.53. The minimum absolute atomic E-state index is 0.364. The van der Waals surface area contributed by atoms with E-state index in [1.54, 1.807) is 12.3 Å². The van der Waals surface area contributed by atoms with Crippen LogP contribution in [0.5, 0.6) is 5.75 Å². The van der Waals surface area contributed by atoms with Crippen molar-refractivity contribution in [3.05, 3.63) is 54.4 Å². The molecule has 0 aliphatic carbocycles. The molecule has 0 unspecified atom stereocenters. The van der Waals surface area contributed by atoms with Gasteiger partial charge in [0.15, 0.2) is 5.82 Å². The predicted molar refractivity (Wildman–Crippen MR) is 101 cm³/mol. The van der Waals surface area contributed by atoms with E-state index in [0.717, 1.165) is 22.4 Å². The lowest BCUT2D eigenvalue weighted by atomic mass is 9.91. The first-order chi connectivity index (χ1) is 13.1. The molecule has 0 atom stereocenters. The van der Waals surface area contributed by atoms with Crippen molar-refractivity contribution in [2.75, 3.05) is 18.0 Å². The lowest BCUT2D eigenvalue weighted by Crippen LogP contribution is -2.53. The third kappa shape index (κ3) is 3.40. The Bertz CT molecular complexity index is 966. The van der Waals surface area contributed by atoms with Crippen molar-refractivity contribution in [3.8, 4) is 5.75 Å². The summed E-state index contributed by atoms with van der Waals surface area (Å²) in [5.74, 6) is 0.362. The van der Waals surface area contributed by atoms with Crippen LogP contribution < -0.4 is 9.64 Å². The van der Waals surface area contributed by atoms with Gasteiger partial charge in [0.2, 0.25) is 5.60 Å². The van der Waals surface area contributed by atoms with Crippen LogP contribution in [0.3, 0.4) is 0 Å². The summed E-state index contributed by atoms with van der Waals surface area (Å²) >= 11 is 0. The summed E-state index contributed by atoms with van der Waals surface area (Å²) in [5, 5.41) is 19.1. The molecule has 3 heterocycles. The molecule has 1 aromatic carbocycles. The smallest absolute Gasteiger partial charge is 0.348 e. The van der Waals surface area contributed by atoms with Crippen molar-refractivity contribution >= 4 is 22.7 Å². The van der Waals surface area contributed by atoms with Gasteiger partial charge < -0.3 is 14.7 Å². The molecule has 7 heteroatoms. The number of anilines is 1. The van der Waals surface area contributed by atoms with E-state index in [0.29, 0.717) is 31.7 Å². The van der Waals surface area contributed by atoms with E-state index in [1.807, 2.05) is 48.2 Å². The average molecular weight is 364 g/mol. The van der Waals surface area contributed by atoms with Gasteiger partial charge in [-0.3, -0.25) is 4.98 Å². The number of pyridine rings is 1. The number of aryl methyl sites for hydroxylation is 1. The van der Waals surface area contributed by atoms with Crippen molar-refractivity contribution in [2.24, 2.45) is 0 Å². The van der Waals surface area contributed by atoms with Crippen LogP contribution in [0.1, 0.15) is 18.5 Å². The standard InChI is InChI=1S/C20H20N4O3/c1-14-4-7-18(23-22-14)24-11-8-20(9-12-24,19(25)26)27-16-5-6-17-15(13-16)3-2-10-21-17/h2-7,10,13H,8-9,11-12H2,1H3,(H,25,26). The van der Waals surface area contributed by atoms with Gasteiger partial charge in [0.05, 0.1) is 11.2 Å². The van der Waals surface area contributed by atoms with Gasteiger partial charge in [0.1, 0.15) is 5.75 Å². The number of hydrogen-bond donors (Lipinski definition) is 1. The van der Waals surface area contributed by atoms with Gasteiger partial charge in [0, 0.05) is 37.5 Å². The molecule has 1 aliphatic rings. The molecule has 0 spiro atoms. The molecule has 1 fully saturated rings. The highest BCUT2D eigenvalue weighted by Gasteiger charge is 2.44. The molecular weight excluding hydrogens is 344 g/mol. The number of hydrogen-bond acceptors (Lipinski definition) is 6. The highest BCUT2D eigenvalue weighted by atomic mass is 16.5. The number of carbonyl (C=O) groups is 1. The fourth-order valence-electron chi connectivity index (χ4n) is 3.36. The second-order valence-electron chi connectivity index (χ2n) is 6.78. The second-order valence-corrected chi connectivity index (χ2v) is 6.78. The first-order valence-electron chi connectivity index (χ1n) is 8.88. The van der Waals surface area contributed by atoms with E-state index >= 15 is 0 Å². The van der Waals surface area contributed by atoms with E-state index in [2.05, 4.69) is 15.2 Å². The molecule has 4 rings (SSSR count). The maximum atomic E-state index is 12.0. The van der Waals surface area contributed by atoms with Crippen LogP contribution >= 0.6 is 0 Å². The molecule has 1 N–H and O–H groups in total. The number of aromatic nitrogens is 3. The largest absolute Gasteiger partial charge is 0.478 e. The zero-order valence-corrected chi connectivity index (χ0v) is 15.0. The summed E-state index contributed by atoms with van der Waals surface area (Å²) < 4.78 is 6.03. The van der Waals surface area contributed by atoms with E-state index in [-0.39, 0.29) is 0 Å². The SMILES string of the molecule is Cc1ccc(N2CCC(Oc3ccc4ncccc4c3)(C(=O)O)CC2)nn1. The summed E-state index contributed by atoms with van der Waals surface area (Å²) in [5.41, 5.74) is 0.455. The third-order valence-electron chi connectivity index (χ3n) is 4.96. The fraction of sp³-hybridized carbons (Fsp3) is 0.300. The Morgan fingerprint density at radius 3 is 2.67 bits per heavy atom. The number of carboxylic acid groups (broad SMARTS) is 1. The Kier molecular flexibility index (Phi) is 4.35. The normalized spacial score (nSPS) is 16.3. The average Bonchev–Trinajstić information content (AvgIpc) is 2.69. The Labute approximate surface area is 156 Å². The van der Waals surface area contributed by atoms with Crippen molar-refractivity contribution in [2.45, 2.75) is 25.4 Å². The number of ether oxygens (including phenoxy) is 1. The summed E-state index contributed by atoms with van der Waals surface area (Å²) in [6, 6.07) is 13.1. The number of rotatable bonds is 4. The van der Waals surface area contributed by atoms with Crippen LogP contribution in [0.15, 0.2) is 48.7 Å². The zero-order valence-electron chi connectivity index (χ0n) is 15.0. The van der Waals surface area contributed by atoms with E-state index in [1.165, 1.54) is 0 Å². The van der Waals surface area contributed by atoms with E-state index < -0.39 is 11.6 Å². The molecule has 3 aromatic rings. The summed E-state index contributed by atoms with van der Waals surface area (Å²) in [4.78, 5) is 18.4. The van der Waals surface area contributed by atoms with Gasteiger partial charge in [-0.2, -0.15) is 5.10 Å². The Morgan fingerprint density at radius 2 is 1.96 bits per heavy atom. The first kappa shape index (κ1) is 17.2. The van der Waals surface area contributed by atoms with Crippen LogP contribution in [0.2, 0.25) is 0 Å². The third-order valence-corrected chi connectivity index (χ3v) is 4.96. The van der Waals surface area contributed by atoms with Crippen LogP contribution in [-0.2, 0) is 4.79 Å². The molecule has 0 amide bonds. The number of benzene rings is 1. The minimum atomic E-state index is -1.25. The lowest BCUT2D eigenvalue weighted by molar-refractivity contribution is -0.157. The van der Waals surface area contributed by atoms with Crippen LogP contribution in [0, 0.1) is 6.92 Å². The molecule has 0 saturated carbocycles. The molecule has 27 heavy (non-hydrogen) atoms. The van der Waals surface area contributed by atoms with E-state index in [9.17, 15) is 9.90 Å². The quantitative estimate of drug-likeness (QED) is 0.761. The highest BCUT2D eigenvalue weighted by molar-refractivity contribution is 5.81. The summed E-state index contributed by atoms with van der Waals surface area (Å²) in [6.45, 7) is 2.97. The zero-order chi connectivity index (χ0) is 18.9. The highest BCUT2D eigenvalue weighted by Crippen LogP contribution is 2.32. The summed E-state index contributed by atoms with van der Waals surface area (Å²) in [6.07, 6.45) is 2.46. The molecule has 2 aromatic heterocycles. The molecule has 0 radical (unpaired) electrons. The van der Waals surface area contributed by atoms with Gasteiger partial charge in [-0.05, 0) is 43.3 Å². The number of fused-ring (bicyclic) bond motifs is 1. The van der Waals surface area contributed by atoms with Gasteiger partial charge >= 0.3 is 5.97 Å². The molecule has 7 nitrogen and oxygen atoms in total. The number of aliphatic carboxylic acids is 1. The van der Waals surface area contributed by atoms with Gasteiger partial charge in [-0.1, -0.05) is 6.07 Å². The van der Waals surface area contributed by atoms with E-state index in [4.69, 9.17) is 4.74 Å². The van der Waals surface area contributed by atoms with Crippen molar-refractivity contribution < 1.29 is 14.6 Å². The fourth-order valence-corrected chi connectivity index (χ4v) is 3.36. The first-order valence-corrected chi connectivity index (χ1v) is 8.88. The number of nitrogens with zero attached hydrogens (tertiary/aromatic N) is 4. The van der Waals surface area contributed by atoms with Crippen LogP contribution in [0.25, 0.3) is 10.9 Å². The molecule has 138 valence electrons. The topological polar surface area (TPSA) is 88.4 Å². The predicted octanol–water partition coefficient (Wildman–Crippen LogP) is 2.84. The molecule has 0 bridgehead atoms. The Morgan fingerprint density at radius 1 is 1.15 bits per heavy atom. The van der Waals surface area contributed by atoms with Crippen LogP contribution in [0.4, 0.5) is 5.82 Å². The number of piperidine rings is 1.